The molecule has 0 amide bonds. The molecule has 92 valence electrons. The van der Waals surface area contributed by atoms with Crippen molar-refractivity contribution in [1.29, 1.82) is 5.26 Å². The van der Waals surface area contributed by atoms with Crippen molar-refractivity contribution in [3.63, 3.8) is 0 Å². The number of hydrogen-bond donors (Lipinski definition) is 0. The molecule has 0 fully saturated rings. The number of aromatic nitrogens is 1. The molecule has 0 aliphatic carbocycles. The average Bonchev–Trinajstić information content (AvgIpc) is 2.23. The summed E-state index contributed by atoms with van der Waals surface area (Å²) in [7, 11) is 0. The molecule has 4 heteroatoms. The van der Waals surface area contributed by atoms with Crippen LogP contribution in [-0.2, 0) is 4.74 Å². The molecular formula is C13H18N2O2. The van der Waals surface area contributed by atoms with Gasteiger partial charge < -0.3 is 9.47 Å². The van der Waals surface area contributed by atoms with Crippen LogP contribution in [-0.4, -0.2) is 23.8 Å². The van der Waals surface area contributed by atoms with Crippen molar-refractivity contribution in [2.24, 2.45) is 0 Å². The molecule has 0 unspecified atom stereocenters. The molecule has 0 atom stereocenters. The van der Waals surface area contributed by atoms with Gasteiger partial charge in [-0.1, -0.05) is 0 Å². The second-order valence-electron chi connectivity index (χ2n) is 4.73. The molecule has 0 saturated heterocycles. The summed E-state index contributed by atoms with van der Waals surface area (Å²) >= 11 is 0. The third kappa shape index (κ3) is 4.83. The molecule has 4 nitrogen and oxygen atoms in total. The Labute approximate surface area is 102 Å². The van der Waals surface area contributed by atoms with E-state index in [1.165, 1.54) is 0 Å². The fourth-order valence-corrected chi connectivity index (χ4v) is 1.21. The first-order valence-electron chi connectivity index (χ1n) is 5.57. The van der Waals surface area contributed by atoms with E-state index >= 15 is 0 Å². The van der Waals surface area contributed by atoms with E-state index in [1.54, 1.807) is 12.1 Å². The second-order valence-corrected chi connectivity index (χ2v) is 4.73. The predicted molar refractivity (Wildman–Crippen MR) is 64.9 cm³/mol. The van der Waals surface area contributed by atoms with E-state index in [-0.39, 0.29) is 5.60 Å². The lowest BCUT2D eigenvalue weighted by molar-refractivity contribution is -0.0168. The van der Waals surface area contributed by atoms with Crippen molar-refractivity contribution >= 4 is 0 Å². The highest BCUT2D eigenvalue weighted by Gasteiger charge is 2.10. The van der Waals surface area contributed by atoms with E-state index in [0.29, 0.717) is 24.7 Å². The normalized spacial score (nSPS) is 11.0. The number of aryl methyl sites for hydroxylation is 1. The van der Waals surface area contributed by atoms with E-state index in [1.807, 2.05) is 27.7 Å². The van der Waals surface area contributed by atoms with Gasteiger partial charge in [0.25, 0.3) is 0 Å². The third-order valence-electron chi connectivity index (χ3n) is 1.98. The van der Waals surface area contributed by atoms with Crippen LogP contribution in [0.2, 0.25) is 0 Å². The van der Waals surface area contributed by atoms with Crippen molar-refractivity contribution in [3.05, 3.63) is 23.4 Å². The number of nitriles is 1. The van der Waals surface area contributed by atoms with Gasteiger partial charge in [-0.15, -0.1) is 0 Å². The Bertz CT molecular complexity index is 416. The van der Waals surface area contributed by atoms with E-state index in [2.05, 4.69) is 11.1 Å². The van der Waals surface area contributed by atoms with Crippen molar-refractivity contribution in [2.75, 3.05) is 13.2 Å². The summed E-state index contributed by atoms with van der Waals surface area (Å²) in [6, 6.07) is 5.55. The molecule has 1 rings (SSSR count). The van der Waals surface area contributed by atoms with E-state index in [9.17, 15) is 0 Å². The highest BCUT2D eigenvalue weighted by molar-refractivity contribution is 5.38. The van der Waals surface area contributed by atoms with Crippen molar-refractivity contribution in [1.82, 2.24) is 4.98 Å². The van der Waals surface area contributed by atoms with Crippen LogP contribution in [0.5, 0.6) is 5.88 Å². The maximum absolute atomic E-state index is 8.89. The average molecular weight is 234 g/mol. The summed E-state index contributed by atoms with van der Waals surface area (Å²) in [5.74, 6) is 0.380. The van der Waals surface area contributed by atoms with Gasteiger partial charge in [-0.3, -0.25) is 0 Å². The Balaban J connectivity index is 2.52. The first-order valence-corrected chi connectivity index (χ1v) is 5.57. The first kappa shape index (κ1) is 13.5. The summed E-state index contributed by atoms with van der Waals surface area (Å²) in [5, 5.41) is 8.89. The minimum absolute atomic E-state index is 0.179. The first-order chi connectivity index (χ1) is 7.92. The molecule has 1 aromatic heterocycles. The SMILES string of the molecule is Cc1ccc(C#N)c(OCCOC(C)(C)C)n1. The fraction of sp³-hybridized carbons (Fsp3) is 0.538. The molecule has 0 spiro atoms. The molecule has 0 radical (unpaired) electrons. The lowest BCUT2D eigenvalue weighted by atomic mass is 10.2. The highest BCUT2D eigenvalue weighted by Crippen LogP contribution is 2.15. The van der Waals surface area contributed by atoms with Crippen LogP contribution in [0.4, 0.5) is 0 Å². The fourth-order valence-electron chi connectivity index (χ4n) is 1.21. The number of pyridine rings is 1. The van der Waals surface area contributed by atoms with E-state index in [4.69, 9.17) is 14.7 Å². The van der Waals surface area contributed by atoms with Crippen LogP contribution < -0.4 is 4.74 Å². The quantitative estimate of drug-likeness (QED) is 0.751. The summed E-state index contributed by atoms with van der Waals surface area (Å²) in [6.07, 6.45) is 0. The van der Waals surface area contributed by atoms with Gasteiger partial charge in [-0.2, -0.15) is 5.26 Å². The molecular weight excluding hydrogens is 216 g/mol. The topological polar surface area (TPSA) is 55.1 Å². The van der Waals surface area contributed by atoms with Gasteiger partial charge in [-0.05, 0) is 39.8 Å². The summed E-state index contributed by atoms with van der Waals surface area (Å²) < 4.78 is 11.0. The van der Waals surface area contributed by atoms with Crippen molar-refractivity contribution < 1.29 is 9.47 Å². The number of ether oxygens (including phenoxy) is 2. The number of rotatable bonds is 4. The van der Waals surface area contributed by atoms with Gasteiger partial charge >= 0.3 is 0 Å². The summed E-state index contributed by atoms with van der Waals surface area (Å²) in [4.78, 5) is 4.18. The standard InChI is InChI=1S/C13H18N2O2/c1-10-5-6-11(9-14)12(15-10)16-7-8-17-13(2,3)4/h5-6H,7-8H2,1-4H3. The maximum Gasteiger partial charge on any atom is 0.231 e. The van der Waals surface area contributed by atoms with Crippen LogP contribution in [0.3, 0.4) is 0 Å². The Morgan fingerprint density at radius 3 is 2.59 bits per heavy atom. The molecule has 0 aromatic carbocycles. The minimum Gasteiger partial charge on any atom is -0.474 e. The molecule has 17 heavy (non-hydrogen) atoms. The van der Waals surface area contributed by atoms with Gasteiger partial charge in [0.15, 0.2) is 0 Å². The summed E-state index contributed by atoms with van der Waals surface area (Å²) in [5.41, 5.74) is 1.10. The van der Waals surface area contributed by atoms with Crippen LogP contribution >= 0.6 is 0 Å². The summed E-state index contributed by atoms with van der Waals surface area (Å²) in [6.45, 7) is 8.68. The van der Waals surface area contributed by atoms with Crippen LogP contribution in [0.25, 0.3) is 0 Å². The van der Waals surface area contributed by atoms with E-state index < -0.39 is 0 Å². The monoisotopic (exact) mass is 234 g/mol. The zero-order valence-corrected chi connectivity index (χ0v) is 10.8. The largest absolute Gasteiger partial charge is 0.474 e. The van der Waals surface area contributed by atoms with Crippen LogP contribution in [0.1, 0.15) is 32.0 Å². The second kappa shape index (κ2) is 5.65. The zero-order valence-electron chi connectivity index (χ0n) is 10.8. The molecule has 0 aliphatic rings. The Morgan fingerprint density at radius 2 is 2.00 bits per heavy atom. The Kier molecular flexibility index (Phi) is 4.47. The van der Waals surface area contributed by atoms with Gasteiger partial charge in [0, 0.05) is 5.69 Å². The number of nitrogens with zero attached hydrogens (tertiary/aromatic N) is 2. The van der Waals surface area contributed by atoms with Gasteiger partial charge in [-0.25, -0.2) is 4.98 Å². The zero-order chi connectivity index (χ0) is 12.9. The van der Waals surface area contributed by atoms with E-state index in [0.717, 1.165) is 5.69 Å². The molecule has 0 bridgehead atoms. The van der Waals surface area contributed by atoms with Gasteiger partial charge in [0.2, 0.25) is 5.88 Å². The minimum atomic E-state index is -0.179. The van der Waals surface area contributed by atoms with Crippen molar-refractivity contribution in [2.45, 2.75) is 33.3 Å². The molecule has 1 aromatic rings. The van der Waals surface area contributed by atoms with Gasteiger partial charge in [0.05, 0.1) is 12.2 Å². The number of hydrogen-bond acceptors (Lipinski definition) is 4. The molecule has 0 saturated carbocycles. The third-order valence-corrected chi connectivity index (χ3v) is 1.98. The van der Waals surface area contributed by atoms with Crippen molar-refractivity contribution in [3.8, 4) is 11.9 Å². The molecule has 0 N–H and O–H groups in total. The lowest BCUT2D eigenvalue weighted by Crippen LogP contribution is -2.22. The highest BCUT2D eigenvalue weighted by atomic mass is 16.5. The van der Waals surface area contributed by atoms with Crippen LogP contribution in [0, 0.1) is 18.3 Å². The molecule has 1 heterocycles. The predicted octanol–water partition coefficient (Wildman–Crippen LogP) is 2.46. The van der Waals surface area contributed by atoms with Crippen LogP contribution in [0.15, 0.2) is 12.1 Å². The Hall–Kier alpha value is -1.60. The molecule has 0 aliphatic heterocycles. The Morgan fingerprint density at radius 1 is 1.29 bits per heavy atom. The smallest absolute Gasteiger partial charge is 0.231 e. The lowest BCUT2D eigenvalue weighted by Gasteiger charge is -2.19. The maximum atomic E-state index is 8.89. The van der Waals surface area contributed by atoms with Gasteiger partial charge in [0.1, 0.15) is 18.2 Å².